The molecule has 0 amide bonds. The van der Waals surface area contributed by atoms with Gasteiger partial charge in [-0.05, 0) is 12.1 Å². The van der Waals surface area contributed by atoms with Gasteiger partial charge in [-0.1, -0.05) is 23.7 Å². The molecule has 0 aliphatic rings. The lowest BCUT2D eigenvalue weighted by atomic mass is 10.0. The van der Waals surface area contributed by atoms with Gasteiger partial charge < -0.3 is 5.73 Å². The first kappa shape index (κ1) is 13.5. The van der Waals surface area contributed by atoms with E-state index in [-0.39, 0.29) is 33.2 Å². The van der Waals surface area contributed by atoms with Crippen LogP contribution in [0.1, 0.15) is 0 Å². The molecule has 3 N–H and O–H groups in total. The van der Waals surface area contributed by atoms with E-state index >= 15 is 0 Å². The van der Waals surface area contributed by atoms with Crippen LogP contribution in [-0.4, -0.2) is 15.2 Å². The second-order valence-electron chi connectivity index (χ2n) is 4.32. The zero-order valence-corrected chi connectivity index (χ0v) is 11.3. The molecular weight excluding hydrogens is 298 g/mol. The van der Waals surface area contributed by atoms with Gasteiger partial charge in [-0.3, -0.25) is 10.1 Å². The minimum absolute atomic E-state index is 0.0470. The van der Waals surface area contributed by atoms with E-state index in [9.17, 15) is 8.78 Å². The number of nitrogens with zero attached hydrogens (tertiary/aromatic N) is 2. The summed E-state index contributed by atoms with van der Waals surface area (Å²) in [6, 6.07) is 5.96. The Morgan fingerprint density at radius 2 is 1.95 bits per heavy atom. The first-order chi connectivity index (χ1) is 10.1. The summed E-state index contributed by atoms with van der Waals surface area (Å²) in [5.41, 5.74) is 6.68. The Labute approximate surface area is 123 Å². The van der Waals surface area contributed by atoms with Crippen LogP contribution in [0.5, 0.6) is 0 Å². The topological polar surface area (TPSA) is 67.6 Å². The van der Waals surface area contributed by atoms with Crippen molar-refractivity contribution in [2.45, 2.75) is 0 Å². The Hall–Kier alpha value is -2.47. The first-order valence-electron chi connectivity index (χ1n) is 5.97. The molecule has 21 heavy (non-hydrogen) atoms. The number of halogens is 3. The van der Waals surface area contributed by atoms with Crippen molar-refractivity contribution in [1.29, 1.82) is 0 Å². The minimum atomic E-state index is -0.636. The van der Waals surface area contributed by atoms with Crippen LogP contribution in [0.15, 0.2) is 36.7 Å². The molecule has 3 aromatic rings. The van der Waals surface area contributed by atoms with Gasteiger partial charge in [-0.2, -0.15) is 5.10 Å². The Kier molecular flexibility index (Phi) is 3.31. The van der Waals surface area contributed by atoms with Crippen molar-refractivity contribution in [3.8, 4) is 22.4 Å². The summed E-state index contributed by atoms with van der Waals surface area (Å²) in [5, 5.41) is 6.41. The first-order valence-corrected chi connectivity index (χ1v) is 6.35. The zero-order chi connectivity index (χ0) is 15.0. The maximum atomic E-state index is 14.2. The standard InChI is InChI=1S/C14H9ClF2N4/c15-9-3-1-2-8(12(9)17)11-13(20-21-14(11)18)7-4-5-19-6-10(7)16/h1-6H,(H3,18,20,21). The fourth-order valence-corrected chi connectivity index (χ4v) is 2.27. The molecular formula is C14H9ClF2N4. The largest absolute Gasteiger partial charge is 0.382 e. The predicted octanol–water partition coefficient (Wildman–Crippen LogP) is 3.65. The normalized spacial score (nSPS) is 10.8. The Morgan fingerprint density at radius 3 is 2.71 bits per heavy atom. The number of nitrogen functional groups attached to an aromatic ring is 1. The lowest BCUT2D eigenvalue weighted by molar-refractivity contribution is 0.624. The number of anilines is 1. The molecule has 0 radical (unpaired) electrons. The van der Waals surface area contributed by atoms with Gasteiger partial charge in [0, 0.05) is 17.3 Å². The molecule has 7 heteroatoms. The van der Waals surface area contributed by atoms with E-state index in [2.05, 4.69) is 15.2 Å². The third kappa shape index (κ3) is 2.23. The number of hydrogen-bond donors (Lipinski definition) is 2. The van der Waals surface area contributed by atoms with Gasteiger partial charge in [-0.15, -0.1) is 0 Å². The highest BCUT2D eigenvalue weighted by molar-refractivity contribution is 6.31. The quantitative estimate of drug-likeness (QED) is 0.759. The average Bonchev–Trinajstić information content (AvgIpc) is 2.84. The van der Waals surface area contributed by atoms with Crippen LogP contribution < -0.4 is 5.73 Å². The molecule has 1 aromatic carbocycles. The van der Waals surface area contributed by atoms with Crippen molar-refractivity contribution in [2.75, 3.05) is 5.73 Å². The molecule has 0 atom stereocenters. The predicted molar refractivity (Wildman–Crippen MR) is 76.6 cm³/mol. The van der Waals surface area contributed by atoms with Gasteiger partial charge in [0.25, 0.3) is 0 Å². The number of aromatic amines is 1. The van der Waals surface area contributed by atoms with Crippen molar-refractivity contribution in [2.24, 2.45) is 0 Å². The van der Waals surface area contributed by atoms with Gasteiger partial charge in [0.05, 0.1) is 22.5 Å². The van der Waals surface area contributed by atoms with E-state index in [1.54, 1.807) is 6.07 Å². The summed E-state index contributed by atoms with van der Waals surface area (Å²) >= 11 is 5.78. The molecule has 2 aromatic heterocycles. The lowest BCUT2D eigenvalue weighted by Gasteiger charge is -2.07. The number of nitrogens with two attached hydrogens (primary N) is 1. The Bertz CT molecular complexity index is 816. The smallest absolute Gasteiger partial charge is 0.153 e. The molecule has 0 fully saturated rings. The van der Waals surface area contributed by atoms with Crippen molar-refractivity contribution >= 4 is 17.4 Å². The second-order valence-corrected chi connectivity index (χ2v) is 4.72. The number of H-pyrrole nitrogens is 1. The van der Waals surface area contributed by atoms with Crippen LogP contribution in [0.2, 0.25) is 5.02 Å². The molecule has 0 aliphatic heterocycles. The molecule has 3 rings (SSSR count). The molecule has 0 aliphatic carbocycles. The van der Waals surface area contributed by atoms with E-state index in [1.165, 1.54) is 24.4 Å². The summed E-state index contributed by atoms with van der Waals surface area (Å²) in [6.45, 7) is 0. The molecule has 0 saturated carbocycles. The number of hydrogen-bond acceptors (Lipinski definition) is 3. The molecule has 4 nitrogen and oxygen atoms in total. The number of aromatic nitrogens is 3. The van der Waals surface area contributed by atoms with E-state index in [0.29, 0.717) is 0 Å². The van der Waals surface area contributed by atoms with Crippen LogP contribution in [0, 0.1) is 11.6 Å². The van der Waals surface area contributed by atoms with Crippen LogP contribution in [0.3, 0.4) is 0 Å². The van der Waals surface area contributed by atoms with E-state index in [4.69, 9.17) is 17.3 Å². The van der Waals surface area contributed by atoms with E-state index in [1.807, 2.05) is 0 Å². The van der Waals surface area contributed by atoms with E-state index in [0.717, 1.165) is 6.20 Å². The highest BCUT2D eigenvalue weighted by Gasteiger charge is 2.21. The van der Waals surface area contributed by atoms with Crippen LogP contribution in [0.25, 0.3) is 22.4 Å². The van der Waals surface area contributed by atoms with Gasteiger partial charge in [0.1, 0.15) is 5.82 Å². The third-order valence-corrected chi connectivity index (χ3v) is 3.35. The van der Waals surface area contributed by atoms with Gasteiger partial charge in [0.15, 0.2) is 11.6 Å². The summed E-state index contributed by atoms with van der Waals surface area (Å²) in [4.78, 5) is 3.68. The fourth-order valence-electron chi connectivity index (χ4n) is 2.10. The van der Waals surface area contributed by atoms with Crippen molar-refractivity contribution < 1.29 is 8.78 Å². The number of benzene rings is 1. The Balaban J connectivity index is 2.28. The molecule has 0 bridgehead atoms. The van der Waals surface area contributed by atoms with Crippen LogP contribution >= 0.6 is 11.6 Å². The molecule has 106 valence electrons. The maximum absolute atomic E-state index is 14.2. The Morgan fingerprint density at radius 1 is 1.14 bits per heavy atom. The maximum Gasteiger partial charge on any atom is 0.153 e. The second kappa shape index (κ2) is 5.14. The molecule has 0 unspecified atom stereocenters. The summed E-state index contributed by atoms with van der Waals surface area (Å²) < 4.78 is 28.1. The monoisotopic (exact) mass is 306 g/mol. The van der Waals surface area contributed by atoms with Crippen LogP contribution in [-0.2, 0) is 0 Å². The number of rotatable bonds is 2. The third-order valence-electron chi connectivity index (χ3n) is 3.06. The highest BCUT2D eigenvalue weighted by atomic mass is 35.5. The SMILES string of the molecule is Nc1n[nH]c(-c2ccncc2F)c1-c1cccc(Cl)c1F. The van der Waals surface area contributed by atoms with E-state index < -0.39 is 11.6 Å². The zero-order valence-electron chi connectivity index (χ0n) is 10.6. The van der Waals surface area contributed by atoms with Crippen molar-refractivity contribution in [3.63, 3.8) is 0 Å². The summed E-state index contributed by atoms with van der Waals surface area (Å²) in [5.74, 6) is -1.14. The molecule has 0 spiro atoms. The van der Waals surface area contributed by atoms with Crippen molar-refractivity contribution in [3.05, 3.63) is 53.3 Å². The number of pyridine rings is 1. The fraction of sp³-hybridized carbons (Fsp3) is 0. The minimum Gasteiger partial charge on any atom is -0.382 e. The lowest BCUT2D eigenvalue weighted by Crippen LogP contribution is -1.93. The van der Waals surface area contributed by atoms with Gasteiger partial charge in [-0.25, -0.2) is 8.78 Å². The molecule has 2 heterocycles. The van der Waals surface area contributed by atoms with Gasteiger partial charge in [0.2, 0.25) is 0 Å². The van der Waals surface area contributed by atoms with Crippen LogP contribution in [0.4, 0.5) is 14.6 Å². The van der Waals surface area contributed by atoms with Gasteiger partial charge >= 0.3 is 0 Å². The summed E-state index contributed by atoms with van der Waals surface area (Å²) in [7, 11) is 0. The highest BCUT2D eigenvalue weighted by Crippen LogP contribution is 2.38. The number of nitrogens with one attached hydrogen (secondary N) is 1. The van der Waals surface area contributed by atoms with Crippen molar-refractivity contribution in [1.82, 2.24) is 15.2 Å². The molecule has 0 saturated heterocycles. The average molecular weight is 307 g/mol. The summed E-state index contributed by atoms with van der Waals surface area (Å²) in [6.07, 6.45) is 2.48.